The van der Waals surface area contributed by atoms with Gasteiger partial charge in [-0.15, -0.1) is 0 Å². The van der Waals surface area contributed by atoms with E-state index in [2.05, 4.69) is 20.9 Å². The van der Waals surface area contributed by atoms with E-state index in [-0.39, 0.29) is 5.82 Å². The van der Waals surface area contributed by atoms with Gasteiger partial charge in [0.05, 0.1) is 10.7 Å². The molecule has 1 fully saturated rings. The number of rotatable bonds is 8. The molecule has 162 valence electrons. The number of hydrogen-bond donors (Lipinski definition) is 3. The Morgan fingerprint density at radius 2 is 1.97 bits per heavy atom. The van der Waals surface area contributed by atoms with Crippen LogP contribution in [-0.4, -0.2) is 29.6 Å². The molecule has 3 N–H and O–H groups in total. The summed E-state index contributed by atoms with van der Waals surface area (Å²) in [6, 6.07) is 14.7. The fraction of sp³-hybridized carbons (Fsp3) is 0.333. The fourth-order valence-electron chi connectivity index (χ4n) is 4.13. The first-order valence-electron chi connectivity index (χ1n) is 10.6. The van der Waals surface area contributed by atoms with E-state index in [1.807, 2.05) is 37.4 Å². The molecule has 2 atom stereocenters. The maximum absolute atomic E-state index is 13.4. The molecule has 0 unspecified atom stereocenters. The number of nitrogens with zero attached hydrogens (tertiary/aromatic N) is 2. The monoisotopic (exact) mass is 439 g/mol. The molecule has 7 heteroatoms. The first-order chi connectivity index (χ1) is 15.1. The minimum Gasteiger partial charge on any atom is -0.367 e. The van der Waals surface area contributed by atoms with Gasteiger partial charge in [-0.3, -0.25) is 0 Å². The van der Waals surface area contributed by atoms with Crippen LogP contribution in [0.4, 0.5) is 16.0 Å². The summed E-state index contributed by atoms with van der Waals surface area (Å²) in [6.45, 7) is 1.54. The summed E-state index contributed by atoms with van der Waals surface area (Å²) < 4.78 is 13.4. The van der Waals surface area contributed by atoms with Crippen molar-refractivity contribution in [2.45, 2.75) is 31.8 Å². The minimum atomic E-state index is -0.246. The Labute approximate surface area is 187 Å². The molecule has 1 aromatic carbocycles. The first-order valence-corrected chi connectivity index (χ1v) is 11.0. The molecule has 1 saturated carbocycles. The molecule has 5 nitrogen and oxygen atoms in total. The fourth-order valence-corrected chi connectivity index (χ4v) is 4.33. The van der Waals surface area contributed by atoms with E-state index >= 15 is 0 Å². The van der Waals surface area contributed by atoms with Crippen molar-refractivity contribution in [3.8, 4) is 11.3 Å². The SMILES string of the molecule is CNC[C@H]1CC[C@@H](Nc2cc(-c3cccc(NCc4cccc(F)c4)n3)c(Cl)cn2)C1. The van der Waals surface area contributed by atoms with Gasteiger partial charge in [0.1, 0.15) is 17.5 Å². The molecule has 1 aliphatic carbocycles. The smallest absolute Gasteiger partial charge is 0.126 e. The Hall–Kier alpha value is -2.70. The number of aromatic nitrogens is 2. The molecule has 2 aromatic heterocycles. The molecule has 0 aliphatic heterocycles. The Morgan fingerprint density at radius 1 is 1.10 bits per heavy atom. The van der Waals surface area contributed by atoms with Gasteiger partial charge in [-0.1, -0.05) is 29.8 Å². The summed E-state index contributed by atoms with van der Waals surface area (Å²) in [7, 11) is 2.00. The van der Waals surface area contributed by atoms with Crippen molar-refractivity contribution >= 4 is 23.2 Å². The average Bonchev–Trinajstić information content (AvgIpc) is 3.21. The second-order valence-electron chi connectivity index (χ2n) is 8.02. The van der Waals surface area contributed by atoms with E-state index < -0.39 is 0 Å². The second kappa shape index (κ2) is 10.1. The van der Waals surface area contributed by atoms with E-state index in [4.69, 9.17) is 16.6 Å². The van der Waals surface area contributed by atoms with Crippen LogP contribution in [0.25, 0.3) is 11.3 Å². The van der Waals surface area contributed by atoms with Crippen molar-refractivity contribution < 1.29 is 4.39 Å². The van der Waals surface area contributed by atoms with Crippen molar-refractivity contribution in [3.63, 3.8) is 0 Å². The van der Waals surface area contributed by atoms with E-state index in [0.717, 1.165) is 42.0 Å². The number of pyridine rings is 2. The van der Waals surface area contributed by atoms with E-state index in [1.165, 1.54) is 18.6 Å². The highest BCUT2D eigenvalue weighted by Gasteiger charge is 2.24. The van der Waals surface area contributed by atoms with E-state index in [0.29, 0.717) is 29.3 Å². The largest absolute Gasteiger partial charge is 0.367 e. The molecule has 31 heavy (non-hydrogen) atoms. The van der Waals surface area contributed by atoms with Crippen LogP contribution in [-0.2, 0) is 6.54 Å². The van der Waals surface area contributed by atoms with Gasteiger partial charge in [-0.25, -0.2) is 14.4 Å². The van der Waals surface area contributed by atoms with Crippen LogP contribution in [0.2, 0.25) is 5.02 Å². The molecular weight excluding hydrogens is 413 g/mol. The van der Waals surface area contributed by atoms with Crippen LogP contribution in [0.5, 0.6) is 0 Å². The number of nitrogens with one attached hydrogen (secondary N) is 3. The van der Waals surface area contributed by atoms with Gasteiger partial charge in [0.2, 0.25) is 0 Å². The molecule has 0 spiro atoms. The summed E-state index contributed by atoms with van der Waals surface area (Å²) in [5.74, 6) is 1.98. The molecule has 4 rings (SSSR count). The Balaban J connectivity index is 1.46. The van der Waals surface area contributed by atoms with Crippen LogP contribution >= 0.6 is 11.6 Å². The maximum Gasteiger partial charge on any atom is 0.126 e. The standard InChI is InChI=1S/C24H27ClFN5/c1-27-13-17-8-9-19(11-17)30-24-12-20(21(25)15-29-24)22-6-3-7-23(31-22)28-14-16-4-2-5-18(26)10-16/h2-7,10,12,15,17,19,27H,8-9,11,13-14H2,1H3,(H,28,31)(H,29,30)/t17-,19+/m0/s1. The first kappa shape index (κ1) is 21.5. The third-order valence-corrected chi connectivity index (χ3v) is 5.93. The molecule has 0 amide bonds. The highest BCUT2D eigenvalue weighted by atomic mass is 35.5. The lowest BCUT2D eigenvalue weighted by atomic mass is 10.1. The molecule has 0 bridgehead atoms. The summed E-state index contributed by atoms with van der Waals surface area (Å²) in [6.07, 6.45) is 5.18. The van der Waals surface area contributed by atoms with Crippen molar-refractivity contribution in [1.82, 2.24) is 15.3 Å². The Kier molecular flexibility index (Phi) is 6.99. The van der Waals surface area contributed by atoms with Crippen molar-refractivity contribution in [3.05, 3.63) is 71.1 Å². The third-order valence-electron chi connectivity index (χ3n) is 5.63. The summed E-state index contributed by atoms with van der Waals surface area (Å²) in [5, 5.41) is 10.6. The van der Waals surface area contributed by atoms with Crippen molar-refractivity contribution in [2.75, 3.05) is 24.2 Å². The van der Waals surface area contributed by atoms with Crippen LogP contribution in [0, 0.1) is 11.7 Å². The van der Waals surface area contributed by atoms with E-state index in [1.54, 1.807) is 12.3 Å². The summed E-state index contributed by atoms with van der Waals surface area (Å²) in [4.78, 5) is 9.17. The van der Waals surface area contributed by atoms with Crippen LogP contribution in [0.1, 0.15) is 24.8 Å². The molecule has 2 heterocycles. The third kappa shape index (κ3) is 5.71. The lowest BCUT2D eigenvalue weighted by molar-refractivity contribution is 0.511. The van der Waals surface area contributed by atoms with Gasteiger partial charge >= 0.3 is 0 Å². The predicted octanol–water partition coefficient (Wildman–Crippen LogP) is 5.35. The van der Waals surface area contributed by atoms with Crippen LogP contribution in [0.15, 0.2) is 54.7 Å². The zero-order valence-corrected chi connectivity index (χ0v) is 18.3. The van der Waals surface area contributed by atoms with Crippen molar-refractivity contribution in [2.24, 2.45) is 5.92 Å². The van der Waals surface area contributed by atoms with Gasteiger partial charge in [-0.05, 0) is 74.7 Å². The Morgan fingerprint density at radius 3 is 2.81 bits per heavy atom. The highest BCUT2D eigenvalue weighted by Crippen LogP contribution is 2.31. The van der Waals surface area contributed by atoms with Crippen LogP contribution in [0.3, 0.4) is 0 Å². The van der Waals surface area contributed by atoms with E-state index in [9.17, 15) is 4.39 Å². The molecule has 0 radical (unpaired) electrons. The number of benzene rings is 1. The lowest BCUT2D eigenvalue weighted by Gasteiger charge is -2.15. The topological polar surface area (TPSA) is 61.9 Å². The number of anilines is 2. The summed E-state index contributed by atoms with van der Waals surface area (Å²) in [5.41, 5.74) is 2.45. The quantitative estimate of drug-likeness (QED) is 0.441. The van der Waals surface area contributed by atoms with Gasteiger partial charge in [-0.2, -0.15) is 0 Å². The second-order valence-corrected chi connectivity index (χ2v) is 8.43. The zero-order chi connectivity index (χ0) is 21.6. The van der Waals surface area contributed by atoms with Gasteiger partial charge < -0.3 is 16.0 Å². The normalized spacial score (nSPS) is 18.2. The zero-order valence-electron chi connectivity index (χ0n) is 17.5. The minimum absolute atomic E-state index is 0.246. The van der Waals surface area contributed by atoms with Crippen LogP contribution < -0.4 is 16.0 Å². The summed E-state index contributed by atoms with van der Waals surface area (Å²) >= 11 is 6.45. The van der Waals surface area contributed by atoms with Gasteiger partial charge in [0.15, 0.2) is 0 Å². The predicted molar refractivity (Wildman–Crippen MR) is 125 cm³/mol. The van der Waals surface area contributed by atoms with Crippen molar-refractivity contribution in [1.29, 1.82) is 0 Å². The molecule has 0 saturated heterocycles. The molecular formula is C24H27ClFN5. The lowest BCUT2D eigenvalue weighted by Crippen LogP contribution is -2.20. The number of halogens is 2. The molecule has 3 aromatic rings. The van der Waals surface area contributed by atoms with Gasteiger partial charge in [0.25, 0.3) is 0 Å². The highest BCUT2D eigenvalue weighted by molar-refractivity contribution is 6.33. The maximum atomic E-state index is 13.4. The molecule has 1 aliphatic rings. The average molecular weight is 440 g/mol. The Bertz CT molecular complexity index is 1030. The number of hydrogen-bond acceptors (Lipinski definition) is 5. The van der Waals surface area contributed by atoms with Gasteiger partial charge in [0, 0.05) is 24.3 Å².